The van der Waals surface area contributed by atoms with Crippen molar-refractivity contribution >= 4 is 5.91 Å². The third-order valence-electron chi connectivity index (χ3n) is 4.45. The maximum Gasteiger partial charge on any atom is 0.251 e. The maximum absolute atomic E-state index is 12.2. The van der Waals surface area contributed by atoms with Crippen molar-refractivity contribution in [3.05, 3.63) is 52.3 Å². The van der Waals surface area contributed by atoms with E-state index >= 15 is 0 Å². The van der Waals surface area contributed by atoms with Gasteiger partial charge in [0.15, 0.2) is 0 Å². The smallest absolute Gasteiger partial charge is 0.251 e. The van der Waals surface area contributed by atoms with Gasteiger partial charge in [-0.25, -0.2) is 0 Å². The molecule has 0 atom stereocenters. The highest BCUT2D eigenvalue weighted by molar-refractivity contribution is 5.94. The summed E-state index contributed by atoms with van der Waals surface area (Å²) < 4.78 is 0. The fourth-order valence-corrected chi connectivity index (χ4v) is 3.05. The van der Waals surface area contributed by atoms with Crippen LogP contribution in [0, 0.1) is 0 Å². The minimum absolute atomic E-state index is 0.00716. The number of amides is 1. The van der Waals surface area contributed by atoms with Gasteiger partial charge in [0.1, 0.15) is 0 Å². The van der Waals surface area contributed by atoms with Gasteiger partial charge in [0.05, 0.1) is 17.9 Å². The van der Waals surface area contributed by atoms with Gasteiger partial charge in [-0.3, -0.25) is 9.89 Å². The first-order chi connectivity index (χ1) is 10.3. The van der Waals surface area contributed by atoms with Gasteiger partial charge in [-0.15, -0.1) is 0 Å². The first-order valence-corrected chi connectivity index (χ1v) is 7.74. The topological polar surface area (TPSA) is 57.8 Å². The van der Waals surface area contributed by atoms with E-state index in [1.807, 2.05) is 12.1 Å². The van der Waals surface area contributed by atoms with Crippen LogP contribution in [0.25, 0.3) is 0 Å². The standard InChI is InChI=1S/C17H19N3O/c21-17(14-7-4-11-2-1-3-13(11)8-14)18-10-15-9-16(20-19-15)12-5-6-12/h4,7-9,12H,1-3,5-6,10H2,(H,18,21)(H,19,20). The van der Waals surface area contributed by atoms with Crippen LogP contribution in [0.15, 0.2) is 24.3 Å². The van der Waals surface area contributed by atoms with Crippen molar-refractivity contribution in [2.24, 2.45) is 0 Å². The zero-order chi connectivity index (χ0) is 14.2. The van der Waals surface area contributed by atoms with Crippen LogP contribution in [0.5, 0.6) is 0 Å². The second-order valence-corrected chi connectivity index (χ2v) is 6.11. The van der Waals surface area contributed by atoms with Crippen molar-refractivity contribution < 1.29 is 4.79 Å². The minimum Gasteiger partial charge on any atom is -0.346 e. The molecule has 0 saturated heterocycles. The molecule has 4 heteroatoms. The number of benzene rings is 1. The van der Waals surface area contributed by atoms with Crippen LogP contribution >= 0.6 is 0 Å². The number of nitrogens with one attached hydrogen (secondary N) is 2. The minimum atomic E-state index is -0.00716. The molecule has 1 amide bonds. The molecule has 4 nitrogen and oxygen atoms in total. The summed E-state index contributed by atoms with van der Waals surface area (Å²) in [6, 6.07) is 8.14. The number of aromatic amines is 1. The Hall–Kier alpha value is -2.10. The molecule has 108 valence electrons. The quantitative estimate of drug-likeness (QED) is 0.905. The fraction of sp³-hybridized carbons (Fsp3) is 0.412. The van der Waals surface area contributed by atoms with Crippen molar-refractivity contribution in [2.75, 3.05) is 0 Å². The second kappa shape index (κ2) is 5.02. The van der Waals surface area contributed by atoms with Gasteiger partial charge < -0.3 is 5.32 Å². The normalized spacial score (nSPS) is 16.8. The number of nitrogens with zero attached hydrogens (tertiary/aromatic N) is 1. The van der Waals surface area contributed by atoms with Gasteiger partial charge in [-0.05, 0) is 61.4 Å². The third-order valence-corrected chi connectivity index (χ3v) is 4.45. The van der Waals surface area contributed by atoms with Crippen LogP contribution in [0.4, 0.5) is 0 Å². The van der Waals surface area contributed by atoms with Crippen molar-refractivity contribution in [3.63, 3.8) is 0 Å². The van der Waals surface area contributed by atoms with E-state index in [9.17, 15) is 4.79 Å². The Morgan fingerprint density at radius 1 is 1.24 bits per heavy atom. The highest BCUT2D eigenvalue weighted by Crippen LogP contribution is 2.38. The van der Waals surface area contributed by atoms with Gasteiger partial charge in [0.2, 0.25) is 0 Å². The Balaban J connectivity index is 1.40. The summed E-state index contributed by atoms with van der Waals surface area (Å²) in [5, 5.41) is 10.3. The summed E-state index contributed by atoms with van der Waals surface area (Å²) in [5.74, 6) is 0.634. The Kier molecular flexibility index (Phi) is 3.02. The van der Waals surface area contributed by atoms with Crippen LogP contribution in [0.2, 0.25) is 0 Å². The molecule has 2 aliphatic rings. The lowest BCUT2D eigenvalue weighted by Gasteiger charge is -2.06. The lowest BCUT2D eigenvalue weighted by molar-refractivity contribution is 0.0950. The summed E-state index contributed by atoms with van der Waals surface area (Å²) >= 11 is 0. The zero-order valence-corrected chi connectivity index (χ0v) is 12.0. The summed E-state index contributed by atoms with van der Waals surface area (Å²) in [5.41, 5.74) is 5.61. The molecule has 1 saturated carbocycles. The number of carbonyl (C=O) groups is 1. The third kappa shape index (κ3) is 2.58. The van der Waals surface area contributed by atoms with Crippen molar-refractivity contribution in [1.82, 2.24) is 15.5 Å². The van der Waals surface area contributed by atoms with E-state index in [4.69, 9.17) is 0 Å². The number of fused-ring (bicyclic) bond motifs is 1. The SMILES string of the molecule is O=C(NCc1cc(C2CC2)n[nH]1)c1ccc2c(c1)CCC2. The summed E-state index contributed by atoms with van der Waals surface area (Å²) in [6.45, 7) is 0.510. The van der Waals surface area contributed by atoms with Crippen LogP contribution < -0.4 is 5.32 Å². The Morgan fingerprint density at radius 3 is 2.95 bits per heavy atom. The van der Waals surface area contributed by atoms with E-state index < -0.39 is 0 Å². The highest BCUT2D eigenvalue weighted by Gasteiger charge is 2.26. The van der Waals surface area contributed by atoms with E-state index in [-0.39, 0.29) is 5.91 Å². The van der Waals surface area contributed by atoms with E-state index in [1.165, 1.54) is 30.4 Å². The summed E-state index contributed by atoms with van der Waals surface area (Å²) in [4.78, 5) is 12.2. The molecule has 2 N–H and O–H groups in total. The molecular weight excluding hydrogens is 262 g/mol. The van der Waals surface area contributed by atoms with E-state index in [2.05, 4.69) is 27.6 Å². The lowest BCUT2D eigenvalue weighted by Crippen LogP contribution is -2.23. The number of rotatable bonds is 4. The first kappa shape index (κ1) is 12.6. The summed E-state index contributed by atoms with van der Waals surface area (Å²) in [7, 11) is 0. The molecule has 1 aromatic carbocycles. The Labute approximate surface area is 124 Å². The van der Waals surface area contributed by atoms with Crippen LogP contribution in [-0.4, -0.2) is 16.1 Å². The Morgan fingerprint density at radius 2 is 2.10 bits per heavy atom. The second-order valence-electron chi connectivity index (χ2n) is 6.11. The molecule has 0 bridgehead atoms. The largest absolute Gasteiger partial charge is 0.346 e. The molecule has 1 aromatic heterocycles. The molecule has 21 heavy (non-hydrogen) atoms. The molecule has 0 unspecified atom stereocenters. The summed E-state index contributed by atoms with van der Waals surface area (Å²) in [6.07, 6.45) is 5.94. The molecular formula is C17H19N3O. The Bertz CT molecular complexity index is 685. The zero-order valence-electron chi connectivity index (χ0n) is 12.0. The van der Waals surface area contributed by atoms with Gasteiger partial charge in [0, 0.05) is 11.5 Å². The monoisotopic (exact) mass is 281 g/mol. The predicted octanol–water partition coefficient (Wildman–Crippen LogP) is 2.71. The number of H-pyrrole nitrogens is 1. The number of aromatic nitrogens is 2. The number of aryl methyl sites for hydroxylation is 2. The average Bonchev–Trinajstić information content (AvgIpc) is 3.07. The van der Waals surface area contributed by atoms with Gasteiger partial charge in [-0.2, -0.15) is 5.10 Å². The van der Waals surface area contributed by atoms with E-state index in [0.29, 0.717) is 12.5 Å². The molecule has 1 fully saturated rings. The lowest BCUT2D eigenvalue weighted by atomic mass is 10.1. The molecule has 4 rings (SSSR count). The van der Waals surface area contributed by atoms with Crippen molar-refractivity contribution in [2.45, 2.75) is 44.6 Å². The molecule has 0 aliphatic heterocycles. The van der Waals surface area contributed by atoms with Crippen LogP contribution in [0.3, 0.4) is 0 Å². The number of hydrogen-bond donors (Lipinski definition) is 2. The molecule has 0 radical (unpaired) electrons. The first-order valence-electron chi connectivity index (χ1n) is 7.74. The van der Waals surface area contributed by atoms with E-state index in [1.54, 1.807) is 0 Å². The highest BCUT2D eigenvalue weighted by atomic mass is 16.1. The van der Waals surface area contributed by atoms with Crippen LogP contribution in [-0.2, 0) is 19.4 Å². The number of carbonyl (C=O) groups excluding carboxylic acids is 1. The van der Waals surface area contributed by atoms with Gasteiger partial charge in [-0.1, -0.05) is 6.07 Å². The molecule has 0 spiro atoms. The van der Waals surface area contributed by atoms with Crippen molar-refractivity contribution in [3.8, 4) is 0 Å². The number of hydrogen-bond acceptors (Lipinski definition) is 2. The molecule has 2 aliphatic carbocycles. The maximum atomic E-state index is 12.2. The average molecular weight is 281 g/mol. The predicted molar refractivity (Wildman–Crippen MR) is 80.2 cm³/mol. The van der Waals surface area contributed by atoms with Crippen LogP contribution in [0.1, 0.15) is 58.1 Å². The van der Waals surface area contributed by atoms with Gasteiger partial charge >= 0.3 is 0 Å². The van der Waals surface area contributed by atoms with Crippen molar-refractivity contribution in [1.29, 1.82) is 0 Å². The van der Waals surface area contributed by atoms with Gasteiger partial charge in [0.25, 0.3) is 5.91 Å². The molecule has 2 aromatic rings. The molecule has 1 heterocycles. The van der Waals surface area contributed by atoms with E-state index in [0.717, 1.165) is 29.8 Å². The fourth-order valence-electron chi connectivity index (χ4n) is 3.05.